The summed E-state index contributed by atoms with van der Waals surface area (Å²) in [5, 5.41) is 3.17. The third-order valence-electron chi connectivity index (χ3n) is 4.13. The van der Waals surface area contributed by atoms with Gasteiger partial charge in [-0.1, -0.05) is 0 Å². The van der Waals surface area contributed by atoms with E-state index in [1.807, 2.05) is 12.1 Å². The van der Waals surface area contributed by atoms with Crippen LogP contribution >= 0.6 is 0 Å². The first kappa shape index (κ1) is 16.0. The average molecular weight is 328 g/mol. The largest absolute Gasteiger partial charge is 0.469 e. The summed E-state index contributed by atoms with van der Waals surface area (Å²) in [4.78, 5) is 26.2. The summed E-state index contributed by atoms with van der Waals surface area (Å²) in [6, 6.07) is 3.67. The quantitative estimate of drug-likeness (QED) is 0.815. The Balaban J connectivity index is 1.73. The summed E-state index contributed by atoms with van der Waals surface area (Å²) in [6.07, 6.45) is 6.32. The van der Waals surface area contributed by atoms with Gasteiger partial charge < -0.3 is 20.7 Å². The molecule has 1 aliphatic rings. The smallest absolute Gasteiger partial charge is 0.308 e. The number of nitrogen functional groups attached to an aromatic ring is 1. The standard InChI is InChI=1S/C16H20N6O2/c1-24-16(23)11-4-8-22(9-5-11)15-13(17)14(19-10-20-15)21-12-2-6-18-7-3-12/h2-3,6-7,10-11H,4-5,8-9,17H2,1H3,(H,18,19,20,21). The summed E-state index contributed by atoms with van der Waals surface area (Å²) >= 11 is 0. The number of methoxy groups -OCH3 is 1. The third kappa shape index (κ3) is 3.37. The molecule has 0 atom stereocenters. The number of carbonyl (C=O) groups is 1. The van der Waals surface area contributed by atoms with Crippen LogP contribution in [0.15, 0.2) is 30.9 Å². The molecule has 1 aliphatic heterocycles. The zero-order chi connectivity index (χ0) is 16.9. The van der Waals surface area contributed by atoms with Gasteiger partial charge in [0.05, 0.1) is 13.0 Å². The van der Waals surface area contributed by atoms with Gasteiger partial charge >= 0.3 is 5.97 Å². The van der Waals surface area contributed by atoms with Gasteiger partial charge in [-0.3, -0.25) is 9.78 Å². The monoisotopic (exact) mass is 328 g/mol. The van der Waals surface area contributed by atoms with Crippen molar-refractivity contribution in [3.05, 3.63) is 30.9 Å². The Kier molecular flexibility index (Phi) is 4.74. The van der Waals surface area contributed by atoms with Crippen LogP contribution in [0.4, 0.5) is 23.0 Å². The first-order valence-electron chi connectivity index (χ1n) is 7.79. The summed E-state index contributed by atoms with van der Waals surface area (Å²) in [5.74, 6) is 1.04. The molecule has 0 aromatic carbocycles. The highest BCUT2D eigenvalue weighted by atomic mass is 16.5. The molecule has 3 heterocycles. The maximum absolute atomic E-state index is 11.6. The Hall–Kier alpha value is -2.90. The number of hydrogen-bond donors (Lipinski definition) is 2. The second-order valence-electron chi connectivity index (χ2n) is 5.60. The van der Waals surface area contributed by atoms with Crippen molar-refractivity contribution in [2.24, 2.45) is 5.92 Å². The molecule has 3 rings (SSSR count). The van der Waals surface area contributed by atoms with Crippen LogP contribution < -0.4 is 16.0 Å². The van der Waals surface area contributed by atoms with Gasteiger partial charge in [-0.05, 0) is 25.0 Å². The van der Waals surface area contributed by atoms with E-state index in [2.05, 4.69) is 25.2 Å². The lowest BCUT2D eigenvalue weighted by atomic mass is 9.97. The van der Waals surface area contributed by atoms with Crippen LogP contribution in [-0.4, -0.2) is 41.1 Å². The van der Waals surface area contributed by atoms with Crippen molar-refractivity contribution in [1.82, 2.24) is 15.0 Å². The van der Waals surface area contributed by atoms with Crippen LogP contribution in [0.25, 0.3) is 0 Å². The van der Waals surface area contributed by atoms with Crippen LogP contribution in [0.5, 0.6) is 0 Å². The average Bonchev–Trinajstić information content (AvgIpc) is 2.64. The third-order valence-corrected chi connectivity index (χ3v) is 4.13. The van der Waals surface area contributed by atoms with E-state index in [-0.39, 0.29) is 11.9 Å². The van der Waals surface area contributed by atoms with Gasteiger partial charge in [0.2, 0.25) is 0 Å². The first-order valence-corrected chi connectivity index (χ1v) is 7.79. The van der Waals surface area contributed by atoms with E-state index in [0.717, 1.165) is 18.5 Å². The lowest BCUT2D eigenvalue weighted by molar-refractivity contribution is -0.146. The number of nitrogens with one attached hydrogen (secondary N) is 1. The second-order valence-corrected chi connectivity index (χ2v) is 5.60. The van der Waals surface area contributed by atoms with Crippen molar-refractivity contribution in [3.63, 3.8) is 0 Å². The SMILES string of the molecule is COC(=O)C1CCN(c2ncnc(Nc3ccncc3)c2N)CC1. The Morgan fingerprint density at radius 3 is 2.67 bits per heavy atom. The molecule has 8 nitrogen and oxygen atoms in total. The van der Waals surface area contributed by atoms with Gasteiger partial charge in [0, 0.05) is 31.2 Å². The van der Waals surface area contributed by atoms with E-state index in [1.165, 1.54) is 13.4 Å². The number of aromatic nitrogens is 3. The van der Waals surface area contributed by atoms with Crippen LogP contribution in [0, 0.1) is 5.92 Å². The van der Waals surface area contributed by atoms with Crippen LogP contribution in [-0.2, 0) is 9.53 Å². The van der Waals surface area contributed by atoms with Crippen molar-refractivity contribution in [1.29, 1.82) is 0 Å². The molecule has 0 bridgehead atoms. The number of hydrogen-bond acceptors (Lipinski definition) is 8. The van der Waals surface area contributed by atoms with Gasteiger partial charge in [0.25, 0.3) is 0 Å². The Labute approximate surface area is 140 Å². The number of anilines is 4. The summed E-state index contributed by atoms with van der Waals surface area (Å²) in [5.41, 5.74) is 7.59. The predicted octanol–water partition coefficient (Wildman–Crippen LogP) is 1.59. The van der Waals surface area contributed by atoms with Crippen molar-refractivity contribution >= 4 is 29.0 Å². The molecule has 2 aromatic heterocycles. The molecule has 0 aliphatic carbocycles. The number of nitrogens with two attached hydrogens (primary N) is 1. The molecule has 0 radical (unpaired) electrons. The molecular formula is C16H20N6O2. The van der Waals surface area contributed by atoms with Gasteiger partial charge in [0.15, 0.2) is 11.6 Å². The molecule has 1 fully saturated rings. The normalized spacial score (nSPS) is 15.1. The number of carbonyl (C=O) groups excluding carboxylic acids is 1. The number of piperidine rings is 1. The molecular weight excluding hydrogens is 308 g/mol. The van der Waals surface area contributed by atoms with E-state index >= 15 is 0 Å². The molecule has 0 spiro atoms. The minimum Gasteiger partial charge on any atom is -0.469 e. The number of pyridine rings is 1. The van der Waals surface area contributed by atoms with Crippen LogP contribution in [0.2, 0.25) is 0 Å². The molecule has 24 heavy (non-hydrogen) atoms. The van der Waals surface area contributed by atoms with E-state index in [9.17, 15) is 4.79 Å². The van der Waals surface area contributed by atoms with Gasteiger partial charge in [-0.2, -0.15) is 0 Å². The maximum atomic E-state index is 11.6. The number of esters is 1. The lowest BCUT2D eigenvalue weighted by Crippen LogP contribution is -2.37. The molecule has 0 unspecified atom stereocenters. The Morgan fingerprint density at radius 1 is 1.29 bits per heavy atom. The van der Waals surface area contributed by atoms with E-state index < -0.39 is 0 Å². The minimum atomic E-state index is -0.148. The topological polar surface area (TPSA) is 106 Å². The van der Waals surface area contributed by atoms with Gasteiger partial charge in [-0.25, -0.2) is 9.97 Å². The molecule has 3 N–H and O–H groups in total. The molecule has 1 saturated heterocycles. The molecule has 0 saturated carbocycles. The van der Waals surface area contributed by atoms with Crippen LogP contribution in [0.3, 0.4) is 0 Å². The molecule has 8 heteroatoms. The first-order chi connectivity index (χ1) is 11.7. The fourth-order valence-electron chi connectivity index (χ4n) is 2.80. The van der Waals surface area contributed by atoms with Crippen molar-refractivity contribution in [2.75, 3.05) is 36.1 Å². The fourth-order valence-corrected chi connectivity index (χ4v) is 2.80. The lowest BCUT2D eigenvalue weighted by Gasteiger charge is -2.32. The number of rotatable bonds is 4. The summed E-state index contributed by atoms with van der Waals surface area (Å²) < 4.78 is 4.82. The van der Waals surface area contributed by atoms with Gasteiger partial charge in [-0.15, -0.1) is 0 Å². The molecule has 126 valence electrons. The summed E-state index contributed by atoms with van der Waals surface area (Å²) in [7, 11) is 1.42. The van der Waals surface area contributed by atoms with E-state index in [4.69, 9.17) is 10.5 Å². The second kappa shape index (κ2) is 7.12. The number of nitrogens with zero attached hydrogens (tertiary/aromatic N) is 4. The Morgan fingerprint density at radius 2 is 2.00 bits per heavy atom. The number of ether oxygens (including phenoxy) is 1. The minimum absolute atomic E-state index is 0.0521. The van der Waals surface area contributed by atoms with Gasteiger partial charge in [0.1, 0.15) is 12.0 Å². The van der Waals surface area contributed by atoms with Crippen LogP contribution in [0.1, 0.15) is 12.8 Å². The predicted molar refractivity (Wildman–Crippen MR) is 90.9 cm³/mol. The molecule has 2 aromatic rings. The highest BCUT2D eigenvalue weighted by Crippen LogP contribution is 2.31. The van der Waals surface area contributed by atoms with E-state index in [0.29, 0.717) is 30.4 Å². The Bertz CT molecular complexity index is 701. The van der Waals surface area contributed by atoms with Crippen molar-refractivity contribution in [3.8, 4) is 0 Å². The highest BCUT2D eigenvalue weighted by molar-refractivity contribution is 5.78. The summed E-state index contributed by atoms with van der Waals surface area (Å²) in [6.45, 7) is 1.41. The highest BCUT2D eigenvalue weighted by Gasteiger charge is 2.27. The zero-order valence-electron chi connectivity index (χ0n) is 13.5. The molecule has 0 amide bonds. The van der Waals surface area contributed by atoms with Crippen molar-refractivity contribution in [2.45, 2.75) is 12.8 Å². The van der Waals surface area contributed by atoms with E-state index in [1.54, 1.807) is 12.4 Å². The maximum Gasteiger partial charge on any atom is 0.308 e. The zero-order valence-corrected chi connectivity index (χ0v) is 13.5. The fraction of sp³-hybridized carbons (Fsp3) is 0.375. The van der Waals surface area contributed by atoms with Crippen molar-refractivity contribution < 1.29 is 9.53 Å².